The Kier molecular flexibility index (Phi) is 4.67. The van der Waals surface area contributed by atoms with Gasteiger partial charge in [0.15, 0.2) is 0 Å². The number of aryl methyl sites for hydroxylation is 1. The molecule has 2 aromatic rings. The number of carbonyl (C=O) groups is 1. The van der Waals surface area contributed by atoms with Crippen LogP contribution in [0.2, 0.25) is 0 Å². The lowest BCUT2D eigenvalue weighted by Gasteiger charge is -2.21. The summed E-state index contributed by atoms with van der Waals surface area (Å²) in [5.41, 5.74) is 0. The van der Waals surface area contributed by atoms with Gasteiger partial charge in [-0.2, -0.15) is 0 Å². The summed E-state index contributed by atoms with van der Waals surface area (Å²) < 4.78 is 16.3. The predicted molar refractivity (Wildman–Crippen MR) is 85.6 cm³/mol. The highest BCUT2D eigenvalue weighted by Gasteiger charge is 2.31. The molecule has 1 unspecified atom stereocenters. The van der Waals surface area contributed by atoms with Gasteiger partial charge in [0.05, 0.1) is 6.04 Å². The van der Waals surface area contributed by atoms with Crippen LogP contribution in [0, 0.1) is 6.92 Å². The van der Waals surface area contributed by atoms with E-state index in [-0.39, 0.29) is 11.9 Å². The fraction of sp³-hybridized carbons (Fsp3) is 0.389. The smallest absolute Gasteiger partial charge is 0.247 e. The zero-order valence-electron chi connectivity index (χ0n) is 13.5. The molecule has 0 radical (unpaired) electrons. The highest BCUT2D eigenvalue weighted by atomic mass is 16.5. The van der Waals surface area contributed by atoms with Crippen LogP contribution >= 0.6 is 0 Å². The van der Waals surface area contributed by atoms with Crippen molar-refractivity contribution in [1.29, 1.82) is 0 Å². The van der Waals surface area contributed by atoms with E-state index in [0.717, 1.165) is 36.7 Å². The number of amides is 1. The zero-order valence-corrected chi connectivity index (χ0v) is 13.5. The summed E-state index contributed by atoms with van der Waals surface area (Å²) >= 11 is 0. The molecule has 122 valence electrons. The average molecular weight is 315 g/mol. The molecule has 1 atom stereocenters. The maximum atomic E-state index is 12.5. The average Bonchev–Trinajstić information content (AvgIpc) is 3.24. The number of methoxy groups -OCH3 is 1. The SMILES string of the molecule is COCc1ccc(C2CCCN2C(=O)C=Cc2ccc(C)o2)o1. The molecule has 5 heteroatoms. The van der Waals surface area contributed by atoms with Crippen molar-refractivity contribution in [2.75, 3.05) is 13.7 Å². The monoisotopic (exact) mass is 315 g/mol. The minimum absolute atomic E-state index is 0.00362. The Morgan fingerprint density at radius 3 is 2.96 bits per heavy atom. The van der Waals surface area contributed by atoms with Crippen LogP contribution in [0.15, 0.2) is 39.2 Å². The van der Waals surface area contributed by atoms with Crippen LogP contribution in [0.25, 0.3) is 6.08 Å². The lowest BCUT2D eigenvalue weighted by Crippen LogP contribution is -2.28. The van der Waals surface area contributed by atoms with E-state index in [4.69, 9.17) is 13.6 Å². The van der Waals surface area contributed by atoms with Crippen LogP contribution < -0.4 is 0 Å². The number of hydrogen-bond acceptors (Lipinski definition) is 4. The summed E-state index contributed by atoms with van der Waals surface area (Å²) in [6.07, 6.45) is 5.17. The molecule has 0 aliphatic carbocycles. The van der Waals surface area contributed by atoms with E-state index in [1.807, 2.05) is 36.1 Å². The summed E-state index contributed by atoms with van der Waals surface area (Å²) in [4.78, 5) is 14.3. The van der Waals surface area contributed by atoms with Crippen LogP contribution in [-0.2, 0) is 16.1 Å². The Morgan fingerprint density at radius 2 is 2.22 bits per heavy atom. The van der Waals surface area contributed by atoms with Gasteiger partial charge in [-0.05, 0) is 50.1 Å². The van der Waals surface area contributed by atoms with Gasteiger partial charge in [-0.3, -0.25) is 4.79 Å². The topological polar surface area (TPSA) is 55.8 Å². The second-order valence-corrected chi connectivity index (χ2v) is 5.71. The van der Waals surface area contributed by atoms with E-state index in [1.54, 1.807) is 19.3 Å². The normalized spacial score (nSPS) is 18.2. The van der Waals surface area contributed by atoms with E-state index >= 15 is 0 Å². The third kappa shape index (κ3) is 3.56. The molecule has 0 N–H and O–H groups in total. The molecular formula is C18H21NO4. The first-order chi connectivity index (χ1) is 11.2. The highest BCUT2D eigenvalue weighted by molar-refractivity contribution is 5.91. The molecule has 0 spiro atoms. The molecule has 1 aliphatic rings. The number of nitrogens with zero attached hydrogens (tertiary/aromatic N) is 1. The van der Waals surface area contributed by atoms with Gasteiger partial charge in [-0.25, -0.2) is 0 Å². The van der Waals surface area contributed by atoms with E-state index in [2.05, 4.69) is 0 Å². The van der Waals surface area contributed by atoms with Gasteiger partial charge >= 0.3 is 0 Å². The first kappa shape index (κ1) is 15.6. The van der Waals surface area contributed by atoms with Crippen molar-refractivity contribution in [3.63, 3.8) is 0 Å². The number of carbonyl (C=O) groups excluding carboxylic acids is 1. The second-order valence-electron chi connectivity index (χ2n) is 5.71. The van der Waals surface area contributed by atoms with Crippen molar-refractivity contribution in [1.82, 2.24) is 4.90 Å². The second kappa shape index (κ2) is 6.87. The number of furan rings is 2. The van der Waals surface area contributed by atoms with Gasteiger partial charge in [0.1, 0.15) is 29.6 Å². The van der Waals surface area contributed by atoms with Crippen LogP contribution in [0.5, 0.6) is 0 Å². The van der Waals surface area contributed by atoms with E-state index in [0.29, 0.717) is 12.4 Å². The van der Waals surface area contributed by atoms with Crippen LogP contribution in [0.3, 0.4) is 0 Å². The molecule has 1 aliphatic heterocycles. The summed E-state index contributed by atoms with van der Waals surface area (Å²) in [6.45, 7) is 3.06. The van der Waals surface area contributed by atoms with Gasteiger partial charge in [-0.15, -0.1) is 0 Å². The molecule has 0 bridgehead atoms. The lowest BCUT2D eigenvalue weighted by molar-refractivity contribution is -0.127. The predicted octanol–water partition coefficient (Wildman–Crippen LogP) is 3.70. The van der Waals surface area contributed by atoms with Crippen molar-refractivity contribution in [3.05, 3.63) is 53.4 Å². The minimum Gasteiger partial charge on any atom is -0.462 e. The van der Waals surface area contributed by atoms with Gasteiger partial charge in [0, 0.05) is 19.7 Å². The van der Waals surface area contributed by atoms with E-state index in [1.165, 1.54) is 0 Å². The van der Waals surface area contributed by atoms with Crippen molar-refractivity contribution in [2.24, 2.45) is 0 Å². The fourth-order valence-electron chi connectivity index (χ4n) is 2.91. The standard InChI is InChI=1S/C18H21NO4/c1-13-5-6-14(22-13)8-10-18(20)19-11-3-4-16(19)17-9-7-15(23-17)12-21-2/h5-10,16H,3-4,11-12H2,1-2H3. The summed E-state index contributed by atoms with van der Waals surface area (Å²) in [7, 11) is 1.63. The maximum absolute atomic E-state index is 12.5. The van der Waals surface area contributed by atoms with Gasteiger partial charge in [0.25, 0.3) is 0 Å². The Balaban J connectivity index is 1.70. The number of ether oxygens (including phenoxy) is 1. The van der Waals surface area contributed by atoms with Gasteiger partial charge in [0.2, 0.25) is 5.91 Å². The third-order valence-electron chi connectivity index (χ3n) is 3.98. The van der Waals surface area contributed by atoms with Crippen molar-refractivity contribution in [2.45, 2.75) is 32.4 Å². The van der Waals surface area contributed by atoms with E-state index in [9.17, 15) is 4.79 Å². The molecule has 5 nitrogen and oxygen atoms in total. The molecule has 3 heterocycles. The molecule has 1 amide bonds. The molecule has 0 aromatic carbocycles. The quantitative estimate of drug-likeness (QED) is 0.789. The largest absolute Gasteiger partial charge is 0.462 e. The Labute approximate surface area is 135 Å². The number of rotatable bonds is 5. The zero-order chi connectivity index (χ0) is 16.2. The van der Waals surface area contributed by atoms with Crippen molar-refractivity contribution in [3.8, 4) is 0 Å². The van der Waals surface area contributed by atoms with Crippen LogP contribution in [0.1, 0.15) is 41.9 Å². The van der Waals surface area contributed by atoms with Crippen molar-refractivity contribution < 1.29 is 18.4 Å². The van der Waals surface area contributed by atoms with Crippen LogP contribution in [-0.4, -0.2) is 24.5 Å². The lowest BCUT2D eigenvalue weighted by atomic mass is 10.1. The Bertz CT molecular complexity index is 697. The molecular weight excluding hydrogens is 294 g/mol. The van der Waals surface area contributed by atoms with Gasteiger partial charge < -0.3 is 18.5 Å². The summed E-state index contributed by atoms with van der Waals surface area (Å²) in [5.74, 6) is 3.10. The first-order valence-corrected chi connectivity index (χ1v) is 7.80. The molecule has 23 heavy (non-hydrogen) atoms. The summed E-state index contributed by atoms with van der Waals surface area (Å²) in [6, 6.07) is 7.56. The first-order valence-electron chi connectivity index (χ1n) is 7.80. The fourth-order valence-corrected chi connectivity index (χ4v) is 2.91. The maximum Gasteiger partial charge on any atom is 0.247 e. The molecule has 1 fully saturated rings. The van der Waals surface area contributed by atoms with Crippen molar-refractivity contribution >= 4 is 12.0 Å². The Morgan fingerprint density at radius 1 is 1.35 bits per heavy atom. The van der Waals surface area contributed by atoms with Crippen LogP contribution in [0.4, 0.5) is 0 Å². The van der Waals surface area contributed by atoms with E-state index < -0.39 is 0 Å². The Hall–Kier alpha value is -2.27. The molecule has 3 rings (SSSR count). The number of likely N-dealkylation sites (tertiary alicyclic amines) is 1. The van der Waals surface area contributed by atoms with Gasteiger partial charge in [-0.1, -0.05) is 0 Å². The molecule has 0 saturated carbocycles. The minimum atomic E-state index is -0.0220. The highest BCUT2D eigenvalue weighted by Crippen LogP contribution is 2.33. The third-order valence-corrected chi connectivity index (χ3v) is 3.98. The summed E-state index contributed by atoms with van der Waals surface area (Å²) in [5, 5.41) is 0. The molecule has 1 saturated heterocycles. The number of hydrogen-bond donors (Lipinski definition) is 0. The molecule has 2 aromatic heterocycles.